The molecule has 188 valence electrons. The van der Waals surface area contributed by atoms with Gasteiger partial charge in [0.25, 0.3) is 0 Å². The number of nitrogens with zero attached hydrogens (tertiary/aromatic N) is 3. The number of ether oxygens (including phenoxy) is 3. The highest BCUT2D eigenvalue weighted by Crippen LogP contribution is 2.51. The van der Waals surface area contributed by atoms with Gasteiger partial charge in [-0.1, -0.05) is 13.3 Å². The fourth-order valence-corrected chi connectivity index (χ4v) is 6.56. The third-order valence-corrected chi connectivity index (χ3v) is 8.15. The number of β-lactam (4-membered cyclic amide) rings is 1. The smallest absolute Gasteiger partial charge is 0.431 e. The van der Waals surface area contributed by atoms with Crippen LogP contribution in [0.3, 0.4) is 0 Å². The van der Waals surface area contributed by atoms with Gasteiger partial charge in [0.1, 0.15) is 16.6 Å². The van der Waals surface area contributed by atoms with Gasteiger partial charge in [-0.2, -0.15) is 0 Å². The maximum atomic E-state index is 13.3. The van der Waals surface area contributed by atoms with E-state index in [1.807, 2.05) is 17.5 Å². The Hall–Kier alpha value is -2.92. The molecule has 2 aromatic heterocycles. The van der Waals surface area contributed by atoms with Crippen LogP contribution in [0.2, 0.25) is 0 Å². The zero-order chi connectivity index (χ0) is 24.9. The van der Waals surface area contributed by atoms with E-state index < -0.39 is 30.4 Å². The zero-order valence-electron chi connectivity index (χ0n) is 19.9. The van der Waals surface area contributed by atoms with Gasteiger partial charge in [-0.3, -0.25) is 9.20 Å². The van der Waals surface area contributed by atoms with Crippen molar-refractivity contribution in [3.05, 3.63) is 29.3 Å². The van der Waals surface area contributed by atoms with Crippen molar-refractivity contribution in [1.82, 2.24) is 14.3 Å². The minimum absolute atomic E-state index is 0.123. The van der Waals surface area contributed by atoms with Crippen molar-refractivity contribution >= 4 is 39.8 Å². The molecule has 0 radical (unpaired) electrons. The highest BCUT2D eigenvalue weighted by molar-refractivity contribution is 7.18. The molecule has 3 aliphatic rings. The first-order valence-corrected chi connectivity index (χ1v) is 12.8. The second-order valence-corrected chi connectivity index (χ2v) is 10.5. The molecule has 0 spiro atoms. The Morgan fingerprint density at radius 1 is 1.20 bits per heavy atom. The monoisotopic (exact) mass is 503 g/mol. The first-order chi connectivity index (χ1) is 16.8. The van der Waals surface area contributed by atoms with E-state index in [1.165, 1.54) is 23.2 Å². The largest absolute Gasteiger partial charge is 0.511 e. The predicted octanol–water partition coefficient (Wildman–Crippen LogP) is 3.34. The normalized spacial score (nSPS) is 26.3. The predicted molar refractivity (Wildman–Crippen MR) is 125 cm³/mol. The molecule has 1 amide bonds. The average Bonchev–Trinajstić information content (AvgIpc) is 3.45. The highest BCUT2D eigenvalue weighted by Gasteiger charge is 2.60. The molecule has 1 N–H and O–H groups in total. The Bertz CT molecular complexity index is 1150. The van der Waals surface area contributed by atoms with E-state index >= 15 is 0 Å². The van der Waals surface area contributed by atoms with Gasteiger partial charge in [-0.05, 0) is 32.6 Å². The van der Waals surface area contributed by atoms with E-state index in [2.05, 4.69) is 4.98 Å². The maximum Gasteiger partial charge on any atom is 0.511 e. The summed E-state index contributed by atoms with van der Waals surface area (Å²) in [4.78, 5) is 45.7. The molecule has 5 rings (SSSR count). The van der Waals surface area contributed by atoms with Crippen molar-refractivity contribution in [2.24, 2.45) is 11.8 Å². The van der Waals surface area contributed by atoms with E-state index in [-0.39, 0.29) is 29.7 Å². The Labute approximate surface area is 206 Å². The molecule has 2 aliphatic heterocycles. The zero-order valence-corrected chi connectivity index (χ0v) is 20.7. The average molecular weight is 504 g/mol. The summed E-state index contributed by atoms with van der Waals surface area (Å²) in [5, 5.41) is 10.2. The van der Waals surface area contributed by atoms with Crippen molar-refractivity contribution in [2.75, 3.05) is 0 Å². The van der Waals surface area contributed by atoms with Gasteiger partial charge in [-0.15, -0.1) is 11.3 Å². The van der Waals surface area contributed by atoms with Gasteiger partial charge in [0.2, 0.25) is 12.2 Å². The van der Waals surface area contributed by atoms with Gasteiger partial charge in [0, 0.05) is 24.6 Å². The Morgan fingerprint density at radius 3 is 2.63 bits per heavy atom. The second-order valence-electron chi connectivity index (χ2n) is 9.47. The maximum absolute atomic E-state index is 13.3. The molecular weight excluding hydrogens is 474 g/mol. The van der Waals surface area contributed by atoms with Gasteiger partial charge in [0.05, 0.1) is 35.5 Å². The lowest BCUT2D eigenvalue weighted by Crippen LogP contribution is -2.63. The van der Waals surface area contributed by atoms with Crippen LogP contribution in [0.25, 0.3) is 10.4 Å². The van der Waals surface area contributed by atoms with Gasteiger partial charge in [0.15, 0.2) is 0 Å². The summed E-state index contributed by atoms with van der Waals surface area (Å²) in [5.41, 5.74) is 0.792. The van der Waals surface area contributed by atoms with E-state index in [0.717, 1.165) is 41.8 Å². The molecule has 4 heterocycles. The summed E-state index contributed by atoms with van der Waals surface area (Å²) in [6.45, 7) is 4.95. The topological polar surface area (TPSA) is 120 Å². The minimum atomic E-state index is -1.20. The van der Waals surface area contributed by atoms with Gasteiger partial charge < -0.3 is 24.2 Å². The molecule has 0 aromatic carbocycles. The van der Waals surface area contributed by atoms with E-state index in [0.29, 0.717) is 5.57 Å². The molecule has 1 unspecified atom stereocenters. The number of esters is 1. The van der Waals surface area contributed by atoms with Crippen LogP contribution in [0.15, 0.2) is 24.4 Å². The molecule has 1 saturated carbocycles. The third kappa shape index (κ3) is 4.20. The number of aliphatic hydroxyl groups excluding tert-OH is 1. The fourth-order valence-electron chi connectivity index (χ4n) is 5.45. The number of carbonyl (C=O) groups is 3. The van der Waals surface area contributed by atoms with Crippen LogP contribution in [-0.2, 0) is 23.8 Å². The summed E-state index contributed by atoms with van der Waals surface area (Å²) >= 11 is 1.45. The first kappa shape index (κ1) is 23.8. The van der Waals surface area contributed by atoms with Crippen LogP contribution in [-0.4, -0.2) is 62.0 Å². The molecule has 11 heteroatoms. The molecular formula is C24H29N3O7S. The molecule has 35 heavy (non-hydrogen) atoms. The number of carbonyl (C=O) groups excluding carboxylic acids is 3. The number of rotatable bonds is 6. The van der Waals surface area contributed by atoms with Crippen LogP contribution in [0.1, 0.15) is 57.8 Å². The molecule has 10 nitrogen and oxygen atoms in total. The van der Waals surface area contributed by atoms with E-state index in [4.69, 9.17) is 14.2 Å². The molecule has 2 fully saturated rings. The van der Waals surface area contributed by atoms with Crippen LogP contribution in [0.5, 0.6) is 0 Å². The van der Waals surface area contributed by atoms with Crippen LogP contribution in [0, 0.1) is 11.8 Å². The molecule has 1 aliphatic carbocycles. The van der Waals surface area contributed by atoms with Crippen LogP contribution < -0.4 is 0 Å². The van der Waals surface area contributed by atoms with Gasteiger partial charge >= 0.3 is 12.1 Å². The number of aliphatic hydroxyl groups is 1. The molecule has 5 atom stereocenters. The summed E-state index contributed by atoms with van der Waals surface area (Å²) in [6, 6.07) is -0.355. The Kier molecular flexibility index (Phi) is 6.30. The number of imidazole rings is 1. The highest BCUT2D eigenvalue weighted by atomic mass is 32.1. The lowest BCUT2D eigenvalue weighted by Gasteiger charge is -2.46. The Balaban J connectivity index is 1.36. The molecule has 1 saturated heterocycles. The quantitative estimate of drug-likeness (QED) is 0.362. The number of aromatic nitrogens is 2. The molecule has 0 bridgehead atoms. The van der Waals surface area contributed by atoms with Crippen molar-refractivity contribution in [3.63, 3.8) is 0 Å². The van der Waals surface area contributed by atoms with Crippen LogP contribution >= 0.6 is 11.3 Å². The second kappa shape index (κ2) is 9.27. The summed E-state index contributed by atoms with van der Waals surface area (Å²) in [6.07, 6.45) is 6.88. The number of hydrogen-bond donors (Lipinski definition) is 1. The first-order valence-electron chi connectivity index (χ1n) is 12.0. The fraction of sp³-hybridized carbons (Fsp3) is 0.583. The summed E-state index contributed by atoms with van der Waals surface area (Å²) < 4.78 is 17.8. The van der Waals surface area contributed by atoms with Crippen molar-refractivity contribution in [2.45, 2.75) is 77.4 Å². The summed E-state index contributed by atoms with van der Waals surface area (Å²) in [7, 11) is 0. The summed E-state index contributed by atoms with van der Waals surface area (Å²) in [5.74, 6) is -1.90. The standard InChI is InChI=1S/C24H29N3O7S/c1-12-18(16-10-26-11-25-9-17(26)35-16)21(27-20(12)19(13(2)28)22(27)29)23(30)32-14(3)33-24(31)34-15-7-5-4-6-8-15/h9-15,19-20,28H,4-8H2,1-3H3/t12-,13+,14?,19+,20+/m0/s1. The van der Waals surface area contributed by atoms with Crippen molar-refractivity contribution in [1.29, 1.82) is 0 Å². The Morgan fingerprint density at radius 2 is 1.94 bits per heavy atom. The lowest BCUT2D eigenvalue weighted by atomic mass is 9.77. The number of amides is 1. The van der Waals surface area contributed by atoms with E-state index in [9.17, 15) is 19.5 Å². The minimum Gasteiger partial charge on any atom is -0.431 e. The third-order valence-electron chi connectivity index (χ3n) is 7.08. The lowest BCUT2D eigenvalue weighted by molar-refractivity contribution is -0.174. The molecule has 2 aromatic rings. The van der Waals surface area contributed by atoms with Crippen molar-refractivity contribution in [3.8, 4) is 0 Å². The number of hydrogen-bond acceptors (Lipinski definition) is 9. The van der Waals surface area contributed by atoms with Gasteiger partial charge in [-0.25, -0.2) is 14.6 Å². The van der Waals surface area contributed by atoms with Crippen LogP contribution in [0.4, 0.5) is 4.79 Å². The number of fused-ring (bicyclic) bond motifs is 2. The number of thiazole rings is 1. The van der Waals surface area contributed by atoms with E-state index in [1.54, 1.807) is 19.4 Å². The van der Waals surface area contributed by atoms with Crippen molar-refractivity contribution < 1.29 is 33.7 Å². The SMILES string of the molecule is CC(OC(=O)OC1CCCCC1)OC(=O)C1=C(c2cn3cncc3s2)[C@H](C)[C@@H]2[C@@H]([C@@H](C)O)C(=O)N12.